The third kappa shape index (κ3) is 3.31. The molecule has 0 bridgehead atoms. The van der Waals surface area contributed by atoms with Crippen molar-refractivity contribution in [2.24, 2.45) is 0 Å². The van der Waals surface area contributed by atoms with Gasteiger partial charge in [0, 0.05) is 30.6 Å². The highest BCUT2D eigenvalue weighted by molar-refractivity contribution is 7.09. The van der Waals surface area contributed by atoms with Crippen LogP contribution < -0.4 is 10.6 Å². The van der Waals surface area contributed by atoms with Gasteiger partial charge >= 0.3 is 0 Å². The molecule has 0 saturated heterocycles. The molecule has 0 spiro atoms. The Balaban J connectivity index is 1.55. The van der Waals surface area contributed by atoms with Gasteiger partial charge in [-0.05, 0) is 17.5 Å². The SMILES string of the molecule is CC(CNC(=O)[C@H]1Cc2ccccc2CN1)c1nccs1. The van der Waals surface area contributed by atoms with Crippen LogP contribution in [0.25, 0.3) is 0 Å². The molecule has 110 valence electrons. The quantitative estimate of drug-likeness (QED) is 0.909. The molecule has 0 saturated carbocycles. The fourth-order valence-electron chi connectivity index (χ4n) is 2.58. The first-order valence-corrected chi connectivity index (χ1v) is 8.09. The van der Waals surface area contributed by atoms with Crippen LogP contribution >= 0.6 is 11.3 Å². The van der Waals surface area contributed by atoms with Crippen molar-refractivity contribution >= 4 is 17.2 Å². The Hall–Kier alpha value is -1.72. The van der Waals surface area contributed by atoms with E-state index in [-0.39, 0.29) is 17.9 Å². The molecule has 0 fully saturated rings. The Morgan fingerprint density at radius 3 is 3.05 bits per heavy atom. The van der Waals surface area contributed by atoms with E-state index in [0.29, 0.717) is 6.54 Å². The Morgan fingerprint density at radius 1 is 1.48 bits per heavy atom. The van der Waals surface area contributed by atoms with E-state index < -0.39 is 0 Å². The minimum Gasteiger partial charge on any atom is -0.354 e. The highest BCUT2D eigenvalue weighted by atomic mass is 32.1. The van der Waals surface area contributed by atoms with Crippen LogP contribution in [0.4, 0.5) is 0 Å². The van der Waals surface area contributed by atoms with Gasteiger partial charge in [0.25, 0.3) is 0 Å². The van der Waals surface area contributed by atoms with Gasteiger partial charge < -0.3 is 10.6 Å². The van der Waals surface area contributed by atoms with Gasteiger partial charge in [-0.25, -0.2) is 4.98 Å². The molecule has 1 aliphatic rings. The lowest BCUT2D eigenvalue weighted by molar-refractivity contribution is -0.123. The van der Waals surface area contributed by atoms with Crippen molar-refractivity contribution in [2.75, 3.05) is 6.54 Å². The van der Waals surface area contributed by atoms with Gasteiger partial charge in [0.1, 0.15) is 0 Å². The fraction of sp³-hybridized carbons (Fsp3) is 0.375. The molecule has 3 rings (SSSR count). The predicted molar refractivity (Wildman–Crippen MR) is 84.3 cm³/mol. The number of benzene rings is 1. The van der Waals surface area contributed by atoms with Crippen LogP contribution in [-0.4, -0.2) is 23.5 Å². The van der Waals surface area contributed by atoms with Gasteiger partial charge in [0.05, 0.1) is 11.0 Å². The average molecular weight is 301 g/mol. The summed E-state index contributed by atoms with van der Waals surface area (Å²) in [6, 6.07) is 8.15. The van der Waals surface area contributed by atoms with Gasteiger partial charge in [0.15, 0.2) is 0 Å². The lowest BCUT2D eigenvalue weighted by Crippen LogP contribution is -2.48. The molecule has 21 heavy (non-hydrogen) atoms. The Morgan fingerprint density at radius 2 is 2.29 bits per heavy atom. The number of fused-ring (bicyclic) bond motifs is 1. The molecular formula is C16H19N3OS. The molecule has 0 radical (unpaired) electrons. The number of nitrogens with one attached hydrogen (secondary N) is 2. The maximum absolute atomic E-state index is 12.3. The second-order valence-electron chi connectivity index (χ2n) is 5.42. The van der Waals surface area contributed by atoms with Crippen LogP contribution in [0.1, 0.15) is 29.0 Å². The first-order valence-electron chi connectivity index (χ1n) is 7.21. The van der Waals surface area contributed by atoms with Crippen molar-refractivity contribution in [1.82, 2.24) is 15.6 Å². The van der Waals surface area contributed by atoms with Crippen molar-refractivity contribution in [3.8, 4) is 0 Å². The molecule has 2 heterocycles. The molecular weight excluding hydrogens is 282 g/mol. The van der Waals surface area contributed by atoms with E-state index in [4.69, 9.17) is 0 Å². The van der Waals surface area contributed by atoms with Crippen LogP contribution in [0, 0.1) is 0 Å². The van der Waals surface area contributed by atoms with Gasteiger partial charge in [-0.3, -0.25) is 4.79 Å². The highest BCUT2D eigenvalue weighted by Gasteiger charge is 2.24. The van der Waals surface area contributed by atoms with Crippen molar-refractivity contribution in [1.29, 1.82) is 0 Å². The molecule has 2 atom stereocenters. The number of amides is 1. The number of aromatic nitrogens is 1. The topological polar surface area (TPSA) is 54.0 Å². The van der Waals surface area contributed by atoms with Gasteiger partial charge in [-0.15, -0.1) is 11.3 Å². The maximum atomic E-state index is 12.3. The summed E-state index contributed by atoms with van der Waals surface area (Å²) in [6.45, 7) is 3.48. The van der Waals surface area contributed by atoms with E-state index >= 15 is 0 Å². The van der Waals surface area contributed by atoms with Crippen LogP contribution in [0.3, 0.4) is 0 Å². The predicted octanol–water partition coefficient (Wildman–Crippen LogP) is 2.08. The number of hydrogen-bond donors (Lipinski definition) is 2. The normalized spacial score (nSPS) is 18.8. The van der Waals surface area contributed by atoms with Gasteiger partial charge in [-0.1, -0.05) is 31.2 Å². The smallest absolute Gasteiger partial charge is 0.237 e. The summed E-state index contributed by atoms with van der Waals surface area (Å²) in [5, 5.41) is 9.38. The van der Waals surface area contributed by atoms with Crippen LogP contribution in [-0.2, 0) is 17.8 Å². The van der Waals surface area contributed by atoms with Crippen LogP contribution in [0.15, 0.2) is 35.8 Å². The third-order valence-electron chi connectivity index (χ3n) is 3.85. The number of carbonyl (C=O) groups is 1. The molecule has 1 aromatic heterocycles. The van der Waals surface area contributed by atoms with Crippen molar-refractivity contribution in [3.05, 3.63) is 52.0 Å². The zero-order valence-corrected chi connectivity index (χ0v) is 12.8. The van der Waals surface area contributed by atoms with E-state index in [2.05, 4.69) is 34.7 Å². The zero-order chi connectivity index (χ0) is 14.7. The minimum atomic E-state index is -0.136. The molecule has 1 aromatic carbocycles. The zero-order valence-electron chi connectivity index (χ0n) is 12.0. The lowest BCUT2D eigenvalue weighted by atomic mass is 9.95. The third-order valence-corrected chi connectivity index (χ3v) is 4.86. The van der Waals surface area contributed by atoms with Crippen LogP contribution in [0.5, 0.6) is 0 Å². The number of nitrogens with zero attached hydrogens (tertiary/aromatic N) is 1. The van der Waals surface area contributed by atoms with E-state index in [1.54, 1.807) is 17.5 Å². The Kier molecular flexibility index (Phi) is 4.31. The first kappa shape index (κ1) is 14.2. The number of thiazole rings is 1. The molecule has 1 amide bonds. The fourth-order valence-corrected chi connectivity index (χ4v) is 3.28. The number of hydrogen-bond acceptors (Lipinski definition) is 4. The maximum Gasteiger partial charge on any atom is 0.237 e. The summed E-state index contributed by atoms with van der Waals surface area (Å²) in [5.74, 6) is 0.331. The Bertz CT molecular complexity index is 612. The van der Waals surface area contributed by atoms with E-state index in [0.717, 1.165) is 18.0 Å². The standard InChI is InChI=1S/C16H19N3OS/c1-11(16-17-6-7-21-16)9-19-15(20)14-8-12-4-2-3-5-13(12)10-18-14/h2-7,11,14,18H,8-10H2,1H3,(H,19,20)/t11?,14-/m1/s1. The summed E-state index contributed by atoms with van der Waals surface area (Å²) < 4.78 is 0. The molecule has 4 nitrogen and oxygen atoms in total. The largest absolute Gasteiger partial charge is 0.354 e. The molecule has 1 aliphatic heterocycles. The average Bonchev–Trinajstić information content (AvgIpc) is 3.06. The van der Waals surface area contributed by atoms with Gasteiger partial charge in [0.2, 0.25) is 5.91 Å². The van der Waals surface area contributed by atoms with Gasteiger partial charge in [-0.2, -0.15) is 0 Å². The minimum absolute atomic E-state index is 0.0768. The summed E-state index contributed by atoms with van der Waals surface area (Å²) in [5.41, 5.74) is 2.56. The summed E-state index contributed by atoms with van der Waals surface area (Å²) >= 11 is 1.63. The molecule has 1 unspecified atom stereocenters. The molecule has 5 heteroatoms. The summed E-state index contributed by atoms with van der Waals surface area (Å²) in [6.07, 6.45) is 2.56. The summed E-state index contributed by atoms with van der Waals surface area (Å²) in [7, 11) is 0. The van der Waals surface area contributed by atoms with Crippen LogP contribution in [0.2, 0.25) is 0 Å². The molecule has 2 N–H and O–H groups in total. The van der Waals surface area contributed by atoms with Crippen molar-refractivity contribution in [3.63, 3.8) is 0 Å². The Labute approximate surface area is 128 Å². The van der Waals surface area contributed by atoms with E-state index in [1.807, 2.05) is 17.5 Å². The first-order chi connectivity index (χ1) is 10.2. The summed E-state index contributed by atoms with van der Waals surface area (Å²) in [4.78, 5) is 16.6. The number of carbonyl (C=O) groups excluding carboxylic acids is 1. The highest BCUT2D eigenvalue weighted by Crippen LogP contribution is 2.18. The van der Waals surface area contributed by atoms with E-state index in [9.17, 15) is 4.79 Å². The van der Waals surface area contributed by atoms with Crippen molar-refractivity contribution < 1.29 is 4.79 Å². The van der Waals surface area contributed by atoms with E-state index in [1.165, 1.54) is 11.1 Å². The molecule has 2 aromatic rings. The number of rotatable bonds is 4. The second-order valence-corrected chi connectivity index (χ2v) is 6.35. The molecule has 0 aliphatic carbocycles. The monoisotopic (exact) mass is 301 g/mol. The lowest BCUT2D eigenvalue weighted by Gasteiger charge is -2.25. The van der Waals surface area contributed by atoms with Crippen molar-refractivity contribution in [2.45, 2.75) is 31.8 Å². The second kappa shape index (κ2) is 6.37.